The molecule has 5 rings (SSSR count). The fourth-order valence-corrected chi connectivity index (χ4v) is 4.59. The lowest BCUT2D eigenvalue weighted by atomic mass is 10.1. The summed E-state index contributed by atoms with van der Waals surface area (Å²) in [5.74, 6) is 0.794. The number of benzene rings is 1. The monoisotopic (exact) mass is 478 g/mol. The summed E-state index contributed by atoms with van der Waals surface area (Å²) in [5.41, 5.74) is 2.01. The maximum Gasteiger partial charge on any atom is 0.339 e. The molecular formula is C25H30N6O4. The average Bonchev–Trinajstić information content (AvgIpc) is 2.88. The third-order valence-corrected chi connectivity index (χ3v) is 6.68. The lowest BCUT2D eigenvalue weighted by Gasteiger charge is -2.36. The molecule has 0 bridgehead atoms. The van der Waals surface area contributed by atoms with Crippen molar-refractivity contribution in [1.29, 1.82) is 0 Å². The molecular weight excluding hydrogens is 448 g/mol. The molecule has 2 aliphatic rings. The predicted molar refractivity (Wildman–Crippen MR) is 134 cm³/mol. The quantitative estimate of drug-likeness (QED) is 0.588. The Bertz CT molecular complexity index is 1240. The zero-order valence-electron chi connectivity index (χ0n) is 20.3. The number of fused-ring (bicyclic) bond motifs is 1. The molecule has 1 N–H and O–H groups in total. The summed E-state index contributed by atoms with van der Waals surface area (Å²) in [4.78, 5) is 33.3. The number of morpholine rings is 1. The molecule has 1 aromatic carbocycles. The van der Waals surface area contributed by atoms with E-state index in [1.165, 1.54) is 7.11 Å². The Morgan fingerprint density at radius 2 is 1.89 bits per heavy atom. The molecule has 1 atom stereocenters. The highest BCUT2D eigenvalue weighted by molar-refractivity contribution is 5.93. The van der Waals surface area contributed by atoms with E-state index in [-0.39, 0.29) is 11.6 Å². The van der Waals surface area contributed by atoms with Crippen LogP contribution in [0.1, 0.15) is 17.3 Å². The van der Waals surface area contributed by atoms with Crippen LogP contribution in [-0.4, -0.2) is 97.1 Å². The second-order valence-corrected chi connectivity index (χ2v) is 9.04. The van der Waals surface area contributed by atoms with Crippen molar-refractivity contribution in [2.45, 2.75) is 13.0 Å². The molecule has 2 aliphatic heterocycles. The number of carboxylic acids is 1. The van der Waals surface area contributed by atoms with Gasteiger partial charge >= 0.3 is 5.97 Å². The van der Waals surface area contributed by atoms with E-state index in [2.05, 4.69) is 28.7 Å². The first-order chi connectivity index (χ1) is 16.9. The molecule has 3 aromatic rings. The number of anilines is 2. The molecule has 2 aromatic heterocycles. The summed E-state index contributed by atoms with van der Waals surface area (Å²) in [6.07, 6.45) is 0. The summed E-state index contributed by atoms with van der Waals surface area (Å²) in [6, 6.07) is 9.11. The molecule has 4 heterocycles. The van der Waals surface area contributed by atoms with Crippen LogP contribution in [0.2, 0.25) is 0 Å². The van der Waals surface area contributed by atoms with Gasteiger partial charge in [-0.15, -0.1) is 0 Å². The largest absolute Gasteiger partial charge is 0.496 e. The van der Waals surface area contributed by atoms with Gasteiger partial charge in [-0.25, -0.2) is 9.78 Å². The van der Waals surface area contributed by atoms with Crippen molar-refractivity contribution in [1.82, 2.24) is 19.9 Å². The minimum Gasteiger partial charge on any atom is -0.496 e. The normalized spacial score (nSPS) is 19.2. The van der Waals surface area contributed by atoms with Crippen LogP contribution in [0.5, 0.6) is 5.75 Å². The number of aromatic carboxylic acids is 1. The smallest absolute Gasteiger partial charge is 0.339 e. The summed E-state index contributed by atoms with van der Waals surface area (Å²) in [6.45, 7) is 7.76. The molecule has 2 saturated heterocycles. The number of carbonyl (C=O) groups is 1. The molecule has 10 heteroatoms. The number of nitrogens with zero attached hydrogens (tertiary/aromatic N) is 6. The number of ether oxygens (including phenoxy) is 2. The standard InChI is InChI=1S/C25H30N6O4/c1-16-15-35-13-12-31(16)23-18-5-6-20(17-4-7-21(34-3)19(14-17)24(32)33)26-22(18)27-25(28-23)30-10-8-29(2)9-11-30/h4-7,14,16H,8-13,15H2,1-3H3,(H,32,33). The summed E-state index contributed by atoms with van der Waals surface area (Å²) in [7, 11) is 3.58. The molecule has 0 spiro atoms. The first-order valence-electron chi connectivity index (χ1n) is 11.8. The number of rotatable bonds is 5. The van der Waals surface area contributed by atoms with Crippen LogP contribution in [0.25, 0.3) is 22.3 Å². The molecule has 35 heavy (non-hydrogen) atoms. The van der Waals surface area contributed by atoms with Gasteiger partial charge in [-0.05, 0) is 44.3 Å². The second-order valence-electron chi connectivity index (χ2n) is 9.04. The summed E-state index contributed by atoms with van der Waals surface area (Å²) >= 11 is 0. The summed E-state index contributed by atoms with van der Waals surface area (Å²) in [5, 5.41) is 10.5. The number of methoxy groups -OCH3 is 1. The van der Waals surface area contributed by atoms with Crippen molar-refractivity contribution in [3.63, 3.8) is 0 Å². The Morgan fingerprint density at radius 1 is 1.09 bits per heavy atom. The zero-order valence-corrected chi connectivity index (χ0v) is 20.3. The Kier molecular flexibility index (Phi) is 6.40. The Balaban J connectivity index is 1.62. The van der Waals surface area contributed by atoms with E-state index in [0.717, 1.165) is 43.9 Å². The number of pyridine rings is 1. The van der Waals surface area contributed by atoms with Gasteiger partial charge in [0.05, 0.1) is 37.4 Å². The van der Waals surface area contributed by atoms with Crippen LogP contribution in [0.4, 0.5) is 11.8 Å². The van der Waals surface area contributed by atoms with Gasteiger partial charge in [0.25, 0.3) is 0 Å². The first-order valence-corrected chi connectivity index (χ1v) is 11.8. The van der Waals surface area contributed by atoms with Crippen LogP contribution < -0.4 is 14.5 Å². The van der Waals surface area contributed by atoms with Crippen molar-refractivity contribution in [3.8, 4) is 17.0 Å². The average molecular weight is 479 g/mol. The third kappa shape index (κ3) is 4.59. The highest BCUT2D eigenvalue weighted by Gasteiger charge is 2.26. The van der Waals surface area contributed by atoms with Gasteiger partial charge in [0.1, 0.15) is 17.1 Å². The van der Waals surface area contributed by atoms with Crippen molar-refractivity contribution < 1.29 is 19.4 Å². The van der Waals surface area contributed by atoms with E-state index in [0.29, 0.717) is 41.8 Å². The maximum absolute atomic E-state index is 11.7. The van der Waals surface area contributed by atoms with Gasteiger partial charge in [-0.3, -0.25) is 0 Å². The Labute approximate surface area is 204 Å². The molecule has 2 fully saturated rings. The molecule has 0 amide bonds. The van der Waals surface area contributed by atoms with Crippen LogP contribution in [0, 0.1) is 0 Å². The van der Waals surface area contributed by atoms with Crippen molar-refractivity contribution >= 4 is 28.8 Å². The van der Waals surface area contributed by atoms with Gasteiger partial charge < -0.3 is 29.3 Å². The fourth-order valence-electron chi connectivity index (χ4n) is 4.59. The predicted octanol–water partition coefficient (Wildman–Crippen LogP) is 2.38. The molecule has 0 radical (unpaired) electrons. The minimum atomic E-state index is -1.05. The van der Waals surface area contributed by atoms with E-state index < -0.39 is 5.97 Å². The lowest BCUT2D eigenvalue weighted by Crippen LogP contribution is -2.46. The minimum absolute atomic E-state index is 0.0931. The van der Waals surface area contributed by atoms with Gasteiger partial charge in [0.2, 0.25) is 5.95 Å². The fraction of sp³-hybridized carbons (Fsp3) is 0.440. The topological polar surface area (TPSA) is 104 Å². The SMILES string of the molecule is COc1ccc(-c2ccc3c(N4CCOCC4C)nc(N4CCN(C)CC4)nc3n2)cc1C(=O)O. The lowest BCUT2D eigenvalue weighted by molar-refractivity contribution is 0.0693. The van der Waals surface area contributed by atoms with E-state index in [1.54, 1.807) is 12.1 Å². The van der Waals surface area contributed by atoms with Crippen LogP contribution >= 0.6 is 0 Å². The molecule has 0 saturated carbocycles. The third-order valence-electron chi connectivity index (χ3n) is 6.68. The number of aromatic nitrogens is 3. The number of carboxylic acid groups (broad SMARTS) is 1. The van der Waals surface area contributed by atoms with Gasteiger partial charge in [0, 0.05) is 38.3 Å². The highest BCUT2D eigenvalue weighted by Crippen LogP contribution is 2.32. The number of hydrogen-bond acceptors (Lipinski definition) is 9. The van der Waals surface area contributed by atoms with E-state index >= 15 is 0 Å². The maximum atomic E-state index is 11.7. The van der Waals surface area contributed by atoms with Crippen molar-refractivity contribution in [2.75, 3.05) is 69.9 Å². The van der Waals surface area contributed by atoms with E-state index in [4.69, 9.17) is 24.4 Å². The summed E-state index contributed by atoms with van der Waals surface area (Å²) < 4.78 is 10.9. The molecule has 10 nitrogen and oxygen atoms in total. The second kappa shape index (κ2) is 9.63. The Morgan fingerprint density at radius 3 is 2.60 bits per heavy atom. The van der Waals surface area contributed by atoms with Gasteiger partial charge in [0.15, 0.2) is 5.65 Å². The van der Waals surface area contributed by atoms with Crippen molar-refractivity contribution in [3.05, 3.63) is 35.9 Å². The zero-order chi connectivity index (χ0) is 24.5. The van der Waals surface area contributed by atoms with Gasteiger partial charge in [-0.2, -0.15) is 9.97 Å². The molecule has 1 unspecified atom stereocenters. The van der Waals surface area contributed by atoms with Gasteiger partial charge in [-0.1, -0.05) is 0 Å². The van der Waals surface area contributed by atoms with Crippen LogP contribution in [0.3, 0.4) is 0 Å². The van der Waals surface area contributed by atoms with E-state index in [1.807, 2.05) is 18.2 Å². The van der Waals surface area contributed by atoms with E-state index in [9.17, 15) is 9.90 Å². The first kappa shape index (κ1) is 23.3. The van der Waals surface area contributed by atoms with Crippen LogP contribution in [-0.2, 0) is 4.74 Å². The van der Waals surface area contributed by atoms with Crippen molar-refractivity contribution in [2.24, 2.45) is 0 Å². The van der Waals surface area contributed by atoms with Crippen LogP contribution in [0.15, 0.2) is 30.3 Å². The number of piperazine rings is 1. The molecule has 184 valence electrons. The Hall–Kier alpha value is -3.50. The number of likely N-dealkylation sites (N-methyl/N-ethyl adjacent to an activating group) is 1. The highest BCUT2D eigenvalue weighted by atomic mass is 16.5. The number of hydrogen-bond donors (Lipinski definition) is 1. The molecule has 0 aliphatic carbocycles.